The molecule has 0 saturated heterocycles. The molecule has 104 valence electrons. The summed E-state index contributed by atoms with van der Waals surface area (Å²) in [4.78, 5) is -0.409. The van der Waals surface area contributed by atoms with Crippen LogP contribution >= 0.6 is 0 Å². The predicted molar refractivity (Wildman–Crippen MR) is 65.6 cm³/mol. The van der Waals surface area contributed by atoms with E-state index in [9.17, 15) is 17.2 Å². The quantitative estimate of drug-likeness (QED) is 0.904. The van der Waals surface area contributed by atoms with Gasteiger partial charge in [-0.25, -0.2) is 17.2 Å². The van der Waals surface area contributed by atoms with E-state index in [0.717, 1.165) is 12.1 Å². The van der Waals surface area contributed by atoms with Gasteiger partial charge in [-0.1, -0.05) is 13.8 Å². The van der Waals surface area contributed by atoms with Gasteiger partial charge < -0.3 is 0 Å². The van der Waals surface area contributed by atoms with Crippen LogP contribution in [0.1, 0.15) is 26.7 Å². The van der Waals surface area contributed by atoms with Gasteiger partial charge in [0.1, 0.15) is 5.54 Å². The Bertz CT molecular complexity index is 605. The van der Waals surface area contributed by atoms with E-state index >= 15 is 0 Å². The summed E-state index contributed by atoms with van der Waals surface area (Å²) in [5.74, 6) is -2.38. The third-order valence-electron chi connectivity index (χ3n) is 2.95. The fraction of sp³-hybridized carbons (Fsp3) is 0.417. The van der Waals surface area contributed by atoms with E-state index in [1.807, 2.05) is 6.07 Å². The Kier molecular flexibility index (Phi) is 4.61. The molecule has 1 N–H and O–H groups in total. The monoisotopic (exact) mass is 288 g/mol. The van der Waals surface area contributed by atoms with Crippen LogP contribution in [-0.2, 0) is 10.0 Å². The van der Waals surface area contributed by atoms with Crippen molar-refractivity contribution < 1.29 is 17.2 Å². The topological polar surface area (TPSA) is 70.0 Å². The van der Waals surface area contributed by atoms with Crippen LogP contribution in [-0.4, -0.2) is 14.0 Å². The van der Waals surface area contributed by atoms with E-state index in [2.05, 4.69) is 4.72 Å². The number of nitriles is 1. The van der Waals surface area contributed by atoms with Crippen LogP contribution in [0, 0.1) is 23.0 Å². The van der Waals surface area contributed by atoms with E-state index < -0.39 is 32.1 Å². The highest BCUT2D eigenvalue weighted by Crippen LogP contribution is 2.20. The Morgan fingerprint density at radius 3 is 2.26 bits per heavy atom. The first-order valence-electron chi connectivity index (χ1n) is 5.70. The summed E-state index contributed by atoms with van der Waals surface area (Å²) >= 11 is 0. The molecule has 1 aromatic carbocycles. The molecule has 0 aliphatic carbocycles. The molecule has 0 fully saturated rings. The summed E-state index contributed by atoms with van der Waals surface area (Å²) < 4.78 is 52.2. The van der Waals surface area contributed by atoms with Crippen LogP contribution < -0.4 is 4.72 Å². The fourth-order valence-corrected chi connectivity index (χ4v) is 3.01. The van der Waals surface area contributed by atoms with Crippen LogP contribution in [0.3, 0.4) is 0 Å². The standard InChI is InChI=1S/C12H14F2N2O2S/c1-3-12(4-2,8-15)16-19(17,18)9-5-6-10(13)11(14)7-9/h5-7,16H,3-4H2,1-2H3. The first-order chi connectivity index (χ1) is 8.80. The predicted octanol–water partition coefficient (Wildman–Crippen LogP) is 2.33. The van der Waals surface area contributed by atoms with E-state index in [1.165, 1.54) is 0 Å². The lowest BCUT2D eigenvalue weighted by atomic mass is 9.97. The zero-order valence-corrected chi connectivity index (χ0v) is 11.4. The molecule has 0 radical (unpaired) electrons. The zero-order chi connectivity index (χ0) is 14.7. The first kappa shape index (κ1) is 15.5. The third kappa shape index (κ3) is 3.28. The van der Waals surface area contributed by atoms with Gasteiger partial charge >= 0.3 is 0 Å². The molecule has 0 atom stereocenters. The molecule has 0 saturated carbocycles. The lowest BCUT2D eigenvalue weighted by Crippen LogP contribution is -2.46. The molecular weight excluding hydrogens is 274 g/mol. The third-order valence-corrected chi connectivity index (χ3v) is 4.49. The number of nitrogens with one attached hydrogen (secondary N) is 1. The molecule has 4 nitrogen and oxygen atoms in total. The number of rotatable bonds is 5. The molecule has 0 aliphatic heterocycles. The zero-order valence-electron chi connectivity index (χ0n) is 10.6. The number of nitrogens with zero attached hydrogens (tertiary/aromatic N) is 1. The lowest BCUT2D eigenvalue weighted by Gasteiger charge is -2.24. The average Bonchev–Trinajstić information content (AvgIpc) is 2.39. The molecule has 0 heterocycles. The molecule has 7 heteroatoms. The first-order valence-corrected chi connectivity index (χ1v) is 7.19. The van der Waals surface area contributed by atoms with Crippen LogP contribution in [0.15, 0.2) is 23.1 Å². The van der Waals surface area contributed by atoms with Crippen molar-refractivity contribution in [3.63, 3.8) is 0 Å². The average molecular weight is 288 g/mol. The maximum absolute atomic E-state index is 13.1. The number of hydrogen-bond acceptors (Lipinski definition) is 3. The Hall–Kier alpha value is -1.52. The minimum absolute atomic E-state index is 0.267. The number of hydrogen-bond donors (Lipinski definition) is 1. The molecular formula is C12H14F2N2O2S. The SMILES string of the molecule is CCC(C#N)(CC)NS(=O)(=O)c1ccc(F)c(F)c1. The van der Waals surface area contributed by atoms with Crippen molar-refractivity contribution in [2.24, 2.45) is 0 Å². The molecule has 1 rings (SSSR count). The molecule has 19 heavy (non-hydrogen) atoms. The van der Waals surface area contributed by atoms with Crippen molar-refractivity contribution in [2.75, 3.05) is 0 Å². The molecule has 0 spiro atoms. The second kappa shape index (κ2) is 5.63. The Labute approximate surface area is 111 Å². The largest absolute Gasteiger partial charge is 0.242 e. The maximum atomic E-state index is 13.1. The smallest absolute Gasteiger partial charge is 0.207 e. The van der Waals surface area contributed by atoms with Crippen LogP contribution in [0.5, 0.6) is 0 Å². The molecule has 1 aromatic rings. The van der Waals surface area contributed by atoms with Crippen molar-refractivity contribution in [2.45, 2.75) is 37.1 Å². The van der Waals surface area contributed by atoms with Gasteiger partial charge in [0.05, 0.1) is 11.0 Å². The summed E-state index contributed by atoms with van der Waals surface area (Å²) in [6.45, 7) is 3.33. The van der Waals surface area contributed by atoms with Crippen molar-refractivity contribution in [1.29, 1.82) is 5.26 Å². The van der Waals surface area contributed by atoms with Crippen molar-refractivity contribution in [3.8, 4) is 6.07 Å². The fourth-order valence-electron chi connectivity index (χ4n) is 1.54. The van der Waals surface area contributed by atoms with Gasteiger partial charge in [0.25, 0.3) is 0 Å². The van der Waals surface area contributed by atoms with Gasteiger partial charge in [0.2, 0.25) is 10.0 Å². The van der Waals surface area contributed by atoms with E-state index in [4.69, 9.17) is 5.26 Å². The van der Waals surface area contributed by atoms with Gasteiger partial charge in [0.15, 0.2) is 11.6 Å². The van der Waals surface area contributed by atoms with E-state index in [-0.39, 0.29) is 12.8 Å². The normalized spacial score (nSPS) is 12.2. The second-order valence-corrected chi connectivity index (χ2v) is 5.76. The summed E-state index contributed by atoms with van der Waals surface area (Å²) in [5, 5.41) is 9.07. The van der Waals surface area contributed by atoms with Crippen LogP contribution in [0.2, 0.25) is 0 Å². The summed E-state index contributed by atoms with van der Waals surface area (Å²) in [7, 11) is -4.07. The molecule has 0 aliphatic rings. The van der Waals surface area contributed by atoms with E-state index in [1.54, 1.807) is 13.8 Å². The highest BCUT2D eigenvalue weighted by molar-refractivity contribution is 7.89. The number of halogens is 2. The molecule has 0 aromatic heterocycles. The summed E-state index contributed by atoms with van der Waals surface area (Å²) in [5.41, 5.74) is -1.25. The number of sulfonamides is 1. The van der Waals surface area contributed by atoms with Gasteiger partial charge in [-0.05, 0) is 31.0 Å². The van der Waals surface area contributed by atoms with Crippen molar-refractivity contribution in [3.05, 3.63) is 29.8 Å². The Balaban J connectivity index is 3.18. The Morgan fingerprint density at radius 2 is 1.84 bits per heavy atom. The maximum Gasteiger partial charge on any atom is 0.242 e. The molecule has 0 amide bonds. The molecule has 0 unspecified atom stereocenters. The molecule has 0 bridgehead atoms. The van der Waals surface area contributed by atoms with Crippen molar-refractivity contribution >= 4 is 10.0 Å². The minimum atomic E-state index is -4.07. The highest BCUT2D eigenvalue weighted by atomic mass is 32.2. The minimum Gasteiger partial charge on any atom is -0.207 e. The summed E-state index contributed by atoms with van der Waals surface area (Å²) in [6, 6.07) is 4.18. The van der Waals surface area contributed by atoms with Gasteiger partial charge in [-0.15, -0.1) is 0 Å². The second-order valence-electron chi connectivity index (χ2n) is 4.08. The lowest BCUT2D eigenvalue weighted by molar-refractivity contribution is 0.445. The van der Waals surface area contributed by atoms with Gasteiger partial charge in [0, 0.05) is 0 Å². The van der Waals surface area contributed by atoms with Crippen LogP contribution in [0.25, 0.3) is 0 Å². The van der Waals surface area contributed by atoms with Gasteiger partial charge in [-0.3, -0.25) is 0 Å². The van der Waals surface area contributed by atoms with Crippen molar-refractivity contribution in [1.82, 2.24) is 4.72 Å². The highest BCUT2D eigenvalue weighted by Gasteiger charge is 2.32. The van der Waals surface area contributed by atoms with Gasteiger partial charge in [-0.2, -0.15) is 9.98 Å². The number of benzene rings is 1. The Morgan fingerprint density at radius 1 is 1.26 bits per heavy atom. The summed E-state index contributed by atoms with van der Waals surface area (Å²) in [6.07, 6.45) is 0.534. The van der Waals surface area contributed by atoms with E-state index in [0.29, 0.717) is 6.07 Å². The van der Waals surface area contributed by atoms with Crippen LogP contribution in [0.4, 0.5) is 8.78 Å².